The standard InChI is InChI=1S/C32H29N5O6/c1-40-26-14-12-22(16-28(26)41-2)31(32(39)33-23-13-15-27-29(17-23)43-20-42-27)36(18-21-8-4-3-5-9-21)30(38)19-37-25-11-7-6-10-24(25)34-35-37/h3-17,31H,18-20H2,1-2H3,(H,33,39)/t31-/m0/s1. The van der Waals surface area contributed by atoms with Gasteiger partial charge in [-0.15, -0.1) is 5.10 Å². The van der Waals surface area contributed by atoms with Gasteiger partial charge < -0.3 is 29.2 Å². The lowest BCUT2D eigenvalue weighted by atomic mass is 10.0. The van der Waals surface area contributed by atoms with Crippen molar-refractivity contribution in [1.29, 1.82) is 0 Å². The summed E-state index contributed by atoms with van der Waals surface area (Å²) in [7, 11) is 3.06. The van der Waals surface area contributed by atoms with E-state index in [-0.39, 0.29) is 25.8 Å². The van der Waals surface area contributed by atoms with Crippen LogP contribution in [0.15, 0.2) is 91.0 Å². The first-order valence-electron chi connectivity index (χ1n) is 13.6. The van der Waals surface area contributed by atoms with E-state index in [1.165, 1.54) is 23.8 Å². The predicted molar refractivity (Wildman–Crippen MR) is 158 cm³/mol. The third-order valence-electron chi connectivity index (χ3n) is 7.14. The fourth-order valence-corrected chi connectivity index (χ4v) is 5.04. The molecule has 11 nitrogen and oxygen atoms in total. The first-order chi connectivity index (χ1) is 21.0. The zero-order chi connectivity index (χ0) is 29.8. The van der Waals surface area contributed by atoms with Crippen LogP contribution in [-0.4, -0.2) is 52.7 Å². The normalized spacial score (nSPS) is 12.5. The molecule has 0 saturated carbocycles. The highest BCUT2D eigenvalue weighted by Crippen LogP contribution is 2.36. The van der Waals surface area contributed by atoms with Crippen LogP contribution in [0.4, 0.5) is 5.69 Å². The lowest BCUT2D eigenvalue weighted by molar-refractivity contribution is -0.140. The first kappa shape index (κ1) is 27.6. The number of carbonyl (C=O) groups is 2. The van der Waals surface area contributed by atoms with Crippen molar-refractivity contribution < 1.29 is 28.5 Å². The van der Waals surface area contributed by atoms with E-state index in [2.05, 4.69) is 15.6 Å². The zero-order valence-corrected chi connectivity index (χ0v) is 23.6. The van der Waals surface area contributed by atoms with Crippen molar-refractivity contribution in [2.75, 3.05) is 26.3 Å². The number of rotatable bonds is 10. The van der Waals surface area contributed by atoms with Crippen molar-refractivity contribution in [2.45, 2.75) is 19.1 Å². The highest BCUT2D eigenvalue weighted by molar-refractivity contribution is 5.98. The van der Waals surface area contributed by atoms with E-state index in [4.69, 9.17) is 18.9 Å². The van der Waals surface area contributed by atoms with Crippen molar-refractivity contribution in [3.05, 3.63) is 102 Å². The van der Waals surface area contributed by atoms with Gasteiger partial charge in [-0.25, -0.2) is 4.68 Å². The minimum atomic E-state index is -1.06. The van der Waals surface area contributed by atoms with Crippen molar-refractivity contribution >= 4 is 28.5 Å². The summed E-state index contributed by atoms with van der Waals surface area (Å²) in [6.07, 6.45) is 0. The number of hydrogen-bond donors (Lipinski definition) is 1. The second-order valence-electron chi connectivity index (χ2n) is 9.82. The van der Waals surface area contributed by atoms with Gasteiger partial charge in [0, 0.05) is 18.3 Å². The summed E-state index contributed by atoms with van der Waals surface area (Å²) in [5.74, 6) is 1.27. The number of anilines is 1. The predicted octanol–water partition coefficient (Wildman–Crippen LogP) is 4.59. The number of ether oxygens (including phenoxy) is 4. The summed E-state index contributed by atoms with van der Waals surface area (Å²) < 4.78 is 23.4. The molecule has 2 amide bonds. The van der Waals surface area contributed by atoms with Crippen LogP contribution < -0.4 is 24.3 Å². The van der Waals surface area contributed by atoms with Crippen LogP contribution in [0.5, 0.6) is 23.0 Å². The Labute approximate surface area is 247 Å². The Hall–Kier alpha value is -5.58. The van der Waals surface area contributed by atoms with Gasteiger partial charge in [0.1, 0.15) is 18.1 Å². The molecule has 0 spiro atoms. The molecule has 4 aromatic carbocycles. The molecule has 1 atom stereocenters. The van der Waals surface area contributed by atoms with Gasteiger partial charge in [-0.1, -0.05) is 53.7 Å². The molecule has 0 saturated heterocycles. The van der Waals surface area contributed by atoms with E-state index in [1.54, 1.807) is 36.4 Å². The third-order valence-corrected chi connectivity index (χ3v) is 7.14. The number of hydrogen-bond acceptors (Lipinski definition) is 8. The lowest BCUT2D eigenvalue weighted by Crippen LogP contribution is -2.42. The summed E-state index contributed by atoms with van der Waals surface area (Å²) >= 11 is 0. The molecular formula is C32H29N5O6. The molecule has 0 fully saturated rings. The Kier molecular flexibility index (Phi) is 7.77. The Morgan fingerprint density at radius 2 is 1.67 bits per heavy atom. The van der Waals surface area contributed by atoms with Crippen LogP contribution in [0.25, 0.3) is 11.0 Å². The lowest BCUT2D eigenvalue weighted by Gasteiger charge is -2.32. The van der Waals surface area contributed by atoms with Crippen LogP contribution in [0.1, 0.15) is 17.2 Å². The molecule has 2 heterocycles. The largest absolute Gasteiger partial charge is 0.493 e. The molecule has 0 bridgehead atoms. The van der Waals surface area contributed by atoms with Crippen molar-refractivity contribution in [3.8, 4) is 23.0 Å². The molecule has 1 aromatic heterocycles. The number of para-hydroxylation sites is 1. The summed E-state index contributed by atoms with van der Waals surface area (Å²) in [5, 5.41) is 11.4. The number of aromatic nitrogens is 3. The number of amides is 2. The Balaban J connectivity index is 1.41. The summed E-state index contributed by atoms with van der Waals surface area (Å²) in [4.78, 5) is 30.0. The summed E-state index contributed by atoms with van der Waals surface area (Å²) in [6.45, 7) is 0.131. The van der Waals surface area contributed by atoms with Gasteiger partial charge in [-0.2, -0.15) is 0 Å². The number of nitrogens with one attached hydrogen (secondary N) is 1. The Morgan fingerprint density at radius 1 is 0.907 bits per heavy atom. The number of methoxy groups -OCH3 is 2. The average molecular weight is 580 g/mol. The minimum absolute atomic E-state index is 0.108. The SMILES string of the molecule is COc1ccc([C@@H](C(=O)Nc2ccc3c(c2)OCO3)N(Cc2ccccc2)C(=O)Cn2nnc3ccccc32)cc1OC. The minimum Gasteiger partial charge on any atom is -0.493 e. The van der Waals surface area contributed by atoms with Gasteiger partial charge in [0.05, 0.1) is 19.7 Å². The van der Waals surface area contributed by atoms with E-state index in [0.29, 0.717) is 45.3 Å². The quantitative estimate of drug-likeness (QED) is 0.256. The molecule has 43 heavy (non-hydrogen) atoms. The fourth-order valence-electron chi connectivity index (χ4n) is 5.04. The molecule has 6 rings (SSSR count). The first-order valence-corrected chi connectivity index (χ1v) is 13.6. The van der Waals surface area contributed by atoms with E-state index < -0.39 is 11.9 Å². The Bertz CT molecular complexity index is 1770. The van der Waals surface area contributed by atoms with E-state index in [9.17, 15) is 9.59 Å². The molecule has 218 valence electrons. The van der Waals surface area contributed by atoms with Crippen LogP contribution in [0.3, 0.4) is 0 Å². The van der Waals surface area contributed by atoms with E-state index >= 15 is 0 Å². The highest BCUT2D eigenvalue weighted by atomic mass is 16.7. The number of carbonyl (C=O) groups excluding carboxylic acids is 2. The number of nitrogens with zero attached hydrogens (tertiary/aromatic N) is 4. The van der Waals surface area contributed by atoms with E-state index in [0.717, 1.165) is 5.56 Å². The second kappa shape index (κ2) is 12.1. The molecule has 1 aliphatic heterocycles. The topological polar surface area (TPSA) is 117 Å². The van der Waals surface area contributed by atoms with Crippen LogP contribution >= 0.6 is 0 Å². The maximum absolute atomic E-state index is 14.2. The van der Waals surface area contributed by atoms with Gasteiger partial charge in [0.25, 0.3) is 5.91 Å². The van der Waals surface area contributed by atoms with Gasteiger partial charge in [0.15, 0.2) is 23.0 Å². The Morgan fingerprint density at radius 3 is 2.49 bits per heavy atom. The molecule has 5 aromatic rings. The monoisotopic (exact) mass is 579 g/mol. The van der Waals surface area contributed by atoms with Gasteiger partial charge >= 0.3 is 0 Å². The average Bonchev–Trinajstić information content (AvgIpc) is 3.68. The number of benzene rings is 4. The van der Waals surface area contributed by atoms with Crippen molar-refractivity contribution in [2.24, 2.45) is 0 Å². The maximum atomic E-state index is 14.2. The van der Waals surface area contributed by atoms with Crippen LogP contribution in [-0.2, 0) is 22.7 Å². The van der Waals surface area contributed by atoms with Crippen molar-refractivity contribution in [1.82, 2.24) is 19.9 Å². The fraction of sp³-hybridized carbons (Fsp3) is 0.188. The molecule has 1 N–H and O–H groups in total. The second-order valence-corrected chi connectivity index (χ2v) is 9.82. The molecular weight excluding hydrogens is 550 g/mol. The molecule has 11 heteroatoms. The van der Waals surface area contributed by atoms with Crippen LogP contribution in [0.2, 0.25) is 0 Å². The summed E-state index contributed by atoms with van der Waals surface area (Å²) in [6, 6.07) is 26.1. The molecule has 0 radical (unpaired) electrons. The smallest absolute Gasteiger partial charge is 0.251 e. The van der Waals surface area contributed by atoms with Crippen molar-refractivity contribution in [3.63, 3.8) is 0 Å². The number of fused-ring (bicyclic) bond motifs is 2. The third kappa shape index (κ3) is 5.78. The van der Waals surface area contributed by atoms with Gasteiger partial charge in [0.2, 0.25) is 12.7 Å². The van der Waals surface area contributed by atoms with Gasteiger partial charge in [-0.3, -0.25) is 9.59 Å². The van der Waals surface area contributed by atoms with Gasteiger partial charge in [-0.05, 0) is 47.5 Å². The molecule has 1 aliphatic rings. The molecule has 0 unspecified atom stereocenters. The maximum Gasteiger partial charge on any atom is 0.251 e. The highest BCUT2D eigenvalue weighted by Gasteiger charge is 2.33. The zero-order valence-electron chi connectivity index (χ0n) is 23.6. The van der Waals surface area contributed by atoms with Crippen LogP contribution in [0, 0.1) is 0 Å². The van der Waals surface area contributed by atoms with E-state index in [1.807, 2.05) is 54.6 Å². The summed E-state index contributed by atoms with van der Waals surface area (Å²) in [5.41, 5.74) is 3.25. The molecule has 0 aliphatic carbocycles.